The standard InChI is InChI=1S/C17H13ClFN3O3/c1-24-13-7-11-8(6-9(13)17(21)23)2-5-14(22-11)25-12-4-3-10(20)15(18)16(12)19/h2-7H,20H2,1H3,(H2,21,23). The van der Waals surface area contributed by atoms with Crippen molar-refractivity contribution in [3.63, 3.8) is 0 Å². The van der Waals surface area contributed by atoms with Crippen molar-refractivity contribution >= 4 is 34.1 Å². The monoisotopic (exact) mass is 361 g/mol. The maximum atomic E-state index is 14.1. The van der Waals surface area contributed by atoms with Gasteiger partial charge in [0.25, 0.3) is 5.91 Å². The Bertz CT molecular complexity index is 995. The Morgan fingerprint density at radius 1 is 1.20 bits per heavy atom. The average molecular weight is 362 g/mol. The summed E-state index contributed by atoms with van der Waals surface area (Å²) in [5, 5.41) is 0.434. The van der Waals surface area contributed by atoms with Gasteiger partial charge in [0, 0.05) is 17.5 Å². The lowest BCUT2D eigenvalue weighted by atomic mass is 10.1. The molecule has 0 atom stereocenters. The summed E-state index contributed by atoms with van der Waals surface area (Å²) in [6.45, 7) is 0. The highest BCUT2D eigenvalue weighted by molar-refractivity contribution is 6.33. The van der Waals surface area contributed by atoms with E-state index in [4.69, 9.17) is 32.5 Å². The van der Waals surface area contributed by atoms with Gasteiger partial charge in [-0.25, -0.2) is 9.37 Å². The van der Waals surface area contributed by atoms with Crippen LogP contribution < -0.4 is 20.9 Å². The number of rotatable bonds is 4. The van der Waals surface area contributed by atoms with Gasteiger partial charge in [-0.1, -0.05) is 11.6 Å². The number of ether oxygens (including phenoxy) is 2. The molecular weight excluding hydrogens is 349 g/mol. The van der Waals surface area contributed by atoms with E-state index in [2.05, 4.69) is 4.98 Å². The van der Waals surface area contributed by atoms with Crippen molar-refractivity contribution in [3.8, 4) is 17.4 Å². The van der Waals surface area contributed by atoms with Gasteiger partial charge in [0.1, 0.15) is 10.8 Å². The predicted molar refractivity (Wildman–Crippen MR) is 92.7 cm³/mol. The zero-order chi connectivity index (χ0) is 18.1. The molecule has 0 saturated heterocycles. The Labute approximate surface area is 147 Å². The summed E-state index contributed by atoms with van der Waals surface area (Å²) in [4.78, 5) is 15.7. The minimum Gasteiger partial charge on any atom is -0.496 e. The number of nitrogens with zero attached hydrogens (tertiary/aromatic N) is 1. The summed E-state index contributed by atoms with van der Waals surface area (Å²) in [6.07, 6.45) is 0. The number of methoxy groups -OCH3 is 1. The van der Waals surface area contributed by atoms with E-state index in [0.29, 0.717) is 10.9 Å². The lowest BCUT2D eigenvalue weighted by Gasteiger charge is -2.10. The molecule has 0 unspecified atom stereocenters. The fourth-order valence-electron chi connectivity index (χ4n) is 2.29. The zero-order valence-corrected chi connectivity index (χ0v) is 13.8. The number of hydrogen-bond donors (Lipinski definition) is 2. The third-order valence-corrected chi connectivity index (χ3v) is 3.93. The van der Waals surface area contributed by atoms with Crippen LogP contribution >= 0.6 is 11.6 Å². The lowest BCUT2D eigenvalue weighted by Crippen LogP contribution is -2.12. The van der Waals surface area contributed by atoms with E-state index in [1.165, 1.54) is 25.3 Å². The molecule has 0 aliphatic heterocycles. The molecule has 0 aliphatic carbocycles. The smallest absolute Gasteiger partial charge is 0.252 e. The van der Waals surface area contributed by atoms with Crippen molar-refractivity contribution in [2.24, 2.45) is 5.73 Å². The molecule has 1 aromatic heterocycles. The molecule has 8 heteroatoms. The fraction of sp³-hybridized carbons (Fsp3) is 0.0588. The van der Waals surface area contributed by atoms with E-state index in [-0.39, 0.29) is 33.7 Å². The Morgan fingerprint density at radius 3 is 2.64 bits per heavy atom. The topological polar surface area (TPSA) is 100 Å². The molecule has 0 aliphatic rings. The van der Waals surface area contributed by atoms with Crippen molar-refractivity contribution in [2.75, 3.05) is 12.8 Å². The van der Waals surface area contributed by atoms with E-state index < -0.39 is 11.7 Å². The van der Waals surface area contributed by atoms with Crippen LogP contribution in [0.4, 0.5) is 10.1 Å². The van der Waals surface area contributed by atoms with Gasteiger partial charge >= 0.3 is 0 Å². The highest BCUT2D eigenvalue weighted by atomic mass is 35.5. The first kappa shape index (κ1) is 16.8. The van der Waals surface area contributed by atoms with Gasteiger partial charge in [0.05, 0.1) is 23.9 Å². The number of benzene rings is 2. The second-order valence-electron chi connectivity index (χ2n) is 5.14. The summed E-state index contributed by atoms with van der Waals surface area (Å²) in [6, 6.07) is 9.11. The third-order valence-electron chi connectivity index (χ3n) is 3.54. The summed E-state index contributed by atoms with van der Waals surface area (Å²) >= 11 is 5.77. The number of halogens is 2. The van der Waals surface area contributed by atoms with E-state index in [1.807, 2.05) is 0 Å². The average Bonchev–Trinajstić information content (AvgIpc) is 2.60. The first-order valence-electron chi connectivity index (χ1n) is 7.10. The molecule has 1 heterocycles. The van der Waals surface area contributed by atoms with Gasteiger partial charge in [-0.05, 0) is 24.3 Å². The van der Waals surface area contributed by atoms with E-state index in [9.17, 15) is 9.18 Å². The molecule has 128 valence electrons. The molecule has 25 heavy (non-hydrogen) atoms. The maximum Gasteiger partial charge on any atom is 0.252 e. The molecule has 4 N–H and O–H groups in total. The molecule has 0 saturated carbocycles. The van der Waals surface area contributed by atoms with Crippen LogP contribution in [0.2, 0.25) is 5.02 Å². The molecule has 2 aromatic carbocycles. The normalized spacial score (nSPS) is 10.7. The number of primary amides is 1. The van der Waals surface area contributed by atoms with Crippen LogP contribution in [-0.2, 0) is 0 Å². The fourth-order valence-corrected chi connectivity index (χ4v) is 2.45. The number of anilines is 1. The van der Waals surface area contributed by atoms with Crippen molar-refractivity contribution < 1.29 is 18.7 Å². The van der Waals surface area contributed by atoms with Gasteiger partial charge in [0.2, 0.25) is 5.88 Å². The minimum absolute atomic E-state index is 0.105. The van der Waals surface area contributed by atoms with Crippen LogP contribution in [0.1, 0.15) is 10.4 Å². The molecule has 0 bridgehead atoms. The van der Waals surface area contributed by atoms with Gasteiger partial charge in [-0.3, -0.25) is 4.79 Å². The van der Waals surface area contributed by atoms with Gasteiger partial charge in [-0.2, -0.15) is 0 Å². The van der Waals surface area contributed by atoms with Crippen LogP contribution in [0.15, 0.2) is 36.4 Å². The number of amides is 1. The molecular formula is C17H13ClFN3O3. The molecule has 0 fully saturated rings. The third kappa shape index (κ3) is 3.14. The predicted octanol–water partition coefficient (Wildman–Crippen LogP) is 3.51. The maximum absolute atomic E-state index is 14.1. The number of aromatic nitrogens is 1. The largest absolute Gasteiger partial charge is 0.496 e. The van der Waals surface area contributed by atoms with Gasteiger partial charge < -0.3 is 20.9 Å². The zero-order valence-electron chi connectivity index (χ0n) is 13.0. The number of carbonyl (C=O) groups is 1. The second kappa shape index (κ2) is 6.45. The summed E-state index contributed by atoms with van der Waals surface area (Å²) in [7, 11) is 1.42. The second-order valence-corrected chi connectivity index (χ2v) is 5.52. The Morgan fingerprint density at radius 2 is 1.96 bits per heavy atom. The van der Waals surface area contributed by atoms with Crippen LogP contribution in [0, 0.1) is 5.82 Å². The minimum atomic E-state index is -0.773. The summed E-state index contributed by atoms with van der Waals surface area (Å²) in [5.74, 6) is -1.07. The van der Waals surface area contributed by atoms with Crippen molar-refractivity contribution in [2.45, 2.75) is 0 Å². The van der Waals surface area contributed by atoms with Crippen LogP contribution in [0.25, 0.3) is 10.9 Å². The highest BCUT2D eigenvalue weighted by Gasteiger charge is 2.14. The SMILES string of the molecule is COc1cc2nc(Oc3ccc(N)c(Cl)c3F)ccc2cc1C(N)=O. The van der Waals surface area contributed by atoms with Crippen LogP contribution in [-0.4, -0.2) is 18.0 Å². The number of nitrogen functional groups attached to an aromatic ring is 1. The first-order chi connectivity index (χ1) is 11.9. The summed E-state index contributed by atoms with van der Waals surface area (Å²) < 4.78 is 24.7. The molecule has 0 radical (unpaired) electrons. The number of carbonyl (C=O) groups excluding carboxylic acids is 1. The number of fused-ring (bicyclic) bond motifs is 1. The van der Waals surface area contributed by atoms with Gasteiger partial charge in [-0.15, -0.1) is 0 Å². The number of hydrogen-bond acceptors (Lipinski definition) is 5. The molecule has 0 spiro atoms. The highest BCUT2D eigenvalue weighted by Crippen LogP contribution is 2.33. The van der Waals surface area contributed by atoms with Gasteiger partial charge in [0.15, 0.2) is 11.6 Å². The quantitative estimate of drug-likeness (QED) is 0.692. The number of nitrogens with two attached hydrogens (primary N) is 2. The molecule has 3 aromatic rings. The van der Waals surface area contributed by atoms with Crippen molar-refractivity contribution in [1.29, 1.82) is 0 Å². The summed E-state index contributed by atoms with van der Waals surface area (Å²) in [5.41, 5.74) is 11.7. The van der Waals surface area contributed by atoms with Crippen molar-refractivity contribution in [3.05, 3.63) is 52.8 Å². The first-order valence-corrected chi connectivity index (χ1v) is 7.48. The lowest BCUT2D eigenvalue weighted by molar-refractivity contribution is 0.0997. The Kier molecular flexibility index (Phi) is 4.33. The van der Waals surface area contributed by atoms with Crippen molar-refractivity contribution in [1.82, 2.24) is 4.98 Å². The number of pyridine rings is 1. The van der Waals surface area contributed by atoms with E-state index in [0.717, 1.165) is 0 Å². The Hall–Kier alpha value is -3.06. The molecule has 6 nitrogen and oxygen atoms in total. The van der Waals surface area contributed by atoms with Crippen LogP contribution in [0.3, 0.4) is 0 Å². The van der Waals surface area contributed by atoms with Crippen LogP contribution in [0.5, 0.6) is 17.4 Å². The Balaban J connectivity index is 2.03. The molecule has 3 rings (SSSR count). The molecule has 1 amide bonds. The van der Waals surface area contributed by atoms with E-state index >= 15 is 0 Å². The van der Waals surface area contributed by atoms with E-state index in [1.54, 1.807) is 18.2 Å².